The molecule has 0 bridgehead atoms. The van der Waals surface area contributed by atoms with E-state index in [1.807, 2.05) is 0 Å². The summed E-state index contributed by atoms with van der Waals surface area (Å²) in [4.78, 5) is 0. The van der Waals surface area contributed by atoms with E-state index in [0.29, 0.717) is 0 Å². The van der Waals surface area contributed by atoms with E-state index in [2.05, 4.69) is 156 Å². The summed E-state index contributed by atoms with van der Waals surface area (Å²) in [5.74, 6) is -0.939. The Labute approximate surface area is 386 Å². The summed E-state index contributed by atoms with van der Waals surface area (Å²) in [5, 5.41) is 0. The van der Waals surface area contributed by atoms with E-state index < -0.39 is 63.4 Å². The molecule has 340 valence electrons. The number of para-hydroxylation sites is 2. The van der Waals surface area contributed by atoms with Gasteiger partial charge in [0.2, 0.25) is 0 Å². The molecule has 6 aromatic rings. The molecule has 0 amide bonds. The fourth-order valence-corrected chi connectivity index (χ4v) is 20.9. The summed E-state index contributed by atoms with van der Waals surface area (Å²) >= 11 is -6.29. The molecule has 0 spiro atoms. The number of alkyl halides is 6. The van der Waals surface area contributed by atoms with Crippen LogP contribution in [0.1, 0.15) is 146 Å². The molecule has 2 aliphatic rings. The van der Waals surface area contributed by atoms with Crippen molar-refractivity contribution in [2.45, 2.75) is 124 Å². The van der Waals surface area contributed by atoms with Crippen LogP contribution in [0, 0.1) is 0 Å². The second-order valence-electron chi connectivity index (χ2n) is 22.0. The number of benzene rings is 6. The van der Waals surface area contributed by atoms with Gasteiger partial charge in [0.25, 0.3) is 0 Å². The molecule has 0 fully saturated rings. The van der Waals surface area contributed by atoms with Crippen molar-refractivity contribution in [3.05, 3.63) is 177 Å². The predicted molar refractivity (Wildman–Crippen MR) is 246 cm³/mol. The zero-order chi connectivity index (χ0) is 47.4. The van der Waals surface area contributed by atoms with Crippen LogP contribution in [0.5, 0.6) is 11.5 Å². The van der Waals surface area contributed by atoms with E-state index in [1.54, 1.807) is 0 Å². The molecule has 2 nitrogen and oxygen atoms in total. The Balaban J connectivity index is 1.63. The molecule has 0 saturated carbocycles. The topological polar surface area (TPSA) is 18.5 Å². The van der Waals surface area contributed by atoms with E-state index in [0.717, 1.165) is 78.9 Å². The van der Waals surface area contributed by atoms with Crippen LogP contribution >= 0.6 is 0 Å². The summed E-state index contributed by atoms with van der Waals surface area (Å²) in [7, 11) is 0. The first kappa shape index (κ1) is 46.9. The number of halogens is 6. The van der Waals surface area contributed by atoms with E-state index in [-0.39, 0.29) is 21.7 Å². The fraction of sp³-hybridized carbons (Fsp3) is 0.357. The molecule has 2 aliphatic carbocycles. The molecule has 0 aromatic heterocycles. The average Bonchev–Trinajstić information content (AvgIpc) is 3.71. The molecule has 0 aliphatic heterocycles. The summed E-state index contributed by atoms with van der Waals surface area (Å²) in [6, 6.07) is 35.1. The van der Waals surface area contributed by atoms with Gasteiger partial charge in [0.15, 0.2) is 0 Å². The molecule has 9 heteroatoms. The monoisotopic (exact) mass is 966 g/mol. The van der Waals surface area contributed by atoms with Gasteiger partial charge < -0.3 is 0 Å². The van der Waals surface area contributed by atoms with Crippen molar-refractivity contribution in [2.24, 2.45) is 0 Å². The van der Waals surface area contributed by atoms with Crippen molar-refractivity contribution in [2.75, 3.05) is 0 Å². The van der Waals surface area contributed by atoms with Crippen LogP contribution in [-0.4, -0.2) is 0 Å². The Morgan fingerprint density at radius 1 is 0.354 bits per heavy atom. The van der Waals surface area contributed by atoms with Gasteiger partial charge >= 0.3 is 388 Å². The van der Waals surface area contributed by atoms with Gasteiger partial charge in [-0.15, -0.1) is 0 Å². The van der Waals surface area contributed by atoms with E-state index >= 15 is 26.3 Å². The predicted octanol–water partition coefficient (Wildman–Crippen LogP) is 16.9. The number of rotatable bonds is 6. The Bertz CT molecular complexity index is 2490. The van der Waals surface area contributed by atoms with Gasteiger partial charge in [0.1, 0.15) is 0 Å². The van der Waals surface area contributed by atoms with Crippen molar-refractivity contribution < 1.29 is 53.1 Å². The van der Waals surface area contributed by atoms with Gasteiger partial charge in [-0.2, -0.15) is 0 Å². The number of hydrogen-bond acceptors (Lipinski definition) is 2. The van der Waals surface area contributed by atoms with Crippen LogP contribution in [0.2, 0.25) is 0 Å². The molecule has 0 radical (unpaired) electrons. The van der Waals surface area contributed by atoms with Crippen molar-refractivity contribution in [1.29, 1.82) is 0 Å². The van der Waals surface area contributed by atoms with E-state index in [9.17, 15) is 0 Å². The second kappa shape index (κ2) is 15.7. The van der Waals surface area contributed by atoms with Crippen LogP contribution in [0.3, 0.4) is 0 Å². The van der Waals surface area contributed by atoms with E-state index in [4.69, 9.17) is 5.63 Å². The molecule has 0 heterocycles. The molecule has 0 atom stereocenters. The molecule has 6 aromatic carbocycles. The third kappa shape index (κ3) is 8.53. The number of fused-ring (bicyclic) bond motifs is 6. The van der Waals surface area contributed by atoms with E-state index in [1.165, 1.54) is 36.4 Å². The quantitative estimate of drug-likeness (QED) is 0.155. The summed E-state index contributed by atoms with van der Waals surface area (Å²) < 4.78 is 106. The molecular formula is C56H58F6O2Zr. The minimum atomic E-state index is -6.29. The summed E-state index contributed by atoms with van der Waals surface area (Å²) in [6.07, 6.45) is -9.74. The third-order valence-corrected chi connectivity index (χ3v) is 22.9. The van der Waals surface area contributed by atoms with Crippen molar-refractivity contribution in [3.8, 4) is 33.8 Å². The Hall–Kier alpha value is -4.62. The van der Waals surface area contributed by atoms with Crippen LogP contribution in [0.25, 0.3) is 22.3 Å². The SMILES string of the molecule is CC(C)(C)c1ccc2c(c1)[CH]([Zr]([O]c1ccccc1C(F)(F)F)([O]c1ccccc1C(F)(F)F)[CH]1c3cc(C(C)(C)C)ccc3-c3ccc(C(C)(C)C)cc31)c1cc(C(C)(C)C)ccc1-2. The zero-order valence-corrected chi connectivity index (χ0v) is 41.7. The first-order chi connectivity index (χ1) is 30.0. The van der Waals surface area contributed by atoms with Crippen LogP contribution in [0.15, 0.2) is 121 Å². The summed E-state index contributed by atoms with van der Waals surface area (Å²) in [5.41, 5.74) is 6.85. The van der Waals surface area contributed by atoms with Crippen LogP contribution in [0.4, 0.5) is 26.3 Å². The van der Waals surface area contributed by atoms with Crippen LogP contribution in [-0.2, 0) is 55.2 Å². The molecule has 0 saturated heterocycles. The standard InChI is InChI=1S/2C21H25.2C7H5F3O.Zr/c2*1-20(2,3)16-7-9-18-14(12-16)11-15-13-17(21(4,5)6)8-10-19(15)18;2*8-7(9,10)5-3-1-2-4-6(5)11;/h2*7-13H,1-6H3;2*1-4,11H;/q;;;;+2/p-2. The van der Waals surface area contributed by atoms with Gasteiger partial charge in [-0.25, -0.2) is 0 Å². The van der Waals surface area contributed by atoms with Gasteiger partial charge in [0, 0.05) is 0 Å². The first-order valence-corrected chi connectivity index (χ1v) is 27.1. The second-order valence-corrected chi connectivity index (χ2v) is 29.4. The van der Waals surface area contributed by atoms with Gasteiger partial charge in [-0.05, 0) is 0 Å². The number of hydrogen-bond donors (Lipinski definition) is 0. The maximum atomic E-state index is 15.5. The zero-order valence-electron chi connectivity index (χ0n) is 39.3. The Kier molecular flexibility index (Phi) is 11.4. The minimum absolute atomic E-state index is 0.369. The normalized spacial score (nSPS) is 14.8. The third-order valence-electron chi connectivity index (χ3n) is 13.2. The van der Waals surface area contributed by atoms with Gasteiger partial charge in [-0.1, -0.05) is 0 Å². The van der Waals surface area contributed by atoms with Crippen molar-refractivity contribution in [1.82, 2.24) is 0 Å². The van der Waals surface area contributed by atoms with Crippen LogP contribution < -0.4 is 5.63 Å². The summed E-state index contributed by atoms with van der Waals surface area (Å²) in [6.45, 7) is 25.1. The van der Waals surface area contributed by atoms with Gasteiger partial charge in [0.05, 0.1) is 0 Å². The Morgan fingerprint density at radius 2 is 0.600 bits per heavy atom. The first-order valence-electron chi connectivity index (χ1n) is 22.3. The average molecular weight is 968 g/mol. The molecular weight excluding hydrogens is 910 g/mol. The molecule has 8 rings (SSSR count). The van der Waals surface area contributed by atoms with Gasteiger partial charge in [-0.3, -0.25) is 0 Å². The fourth-order valence-electron chi connectivity index (χ4n) is 9.60. The van der Waals surface area contributed by atoms with Crippen molar-refractivity contribution >= 4 is 0 Å². The van der Waals surface area contributed by atoms with Crippen molar-refractivity contribution in [3.63, 3.8) is 0 Å². The molecule has 65 heavy (non-hydrogen) atoms. The maximum absolute atomic E-state index is 15.5. The molecule has 0 unspecified atom stereocenters. The molecule has 0 N–H and O–H groups in total. The Morgan fingerprint density at radius 3 is 0.831 bits per heavy atom.